The Hall–Kier alpha value is -4.26. The predicted octanol–water partition coefficient (Wildman–Crippen LogP) is 4.61. The first kappa shape index (κ1) is 69.2. The monoisotopic (exact) mass is 1100 g/mol. The standard InChI is InChI=1S/C2HF3.CH2F2O.CFO.CH3F.2CH2F.3Rf/c3-1-2(4)5;2-1-4-3;2-1-3;3*1-2;;;/h1H;1H2;;1H3;2*1H2;;;/q;;-1;;2*-1;;;. The summed E-state index contributed by atoms with van der Waals surface area (Å²) in [4.78, 5) is 10.4. The second-order valence-electron chi connectivity index (χ2n) is 0.694. The molecular weight excluding hydrogens is 1090 g/mol. The maximum atomic E-state index is 10.2. The minimum atomic E-state index is -2.29. The van der Waals surface area contributed by atoms with Crippen molar-refractivity contribution in [3.63, 3.8) is 0 Å². The van der Waals surface area contributed by atoms with Crippen LogP contribution in [-0.4, -0.2) is 20.6 Å². The van der Waals surface area contributed by atoms with Crippen LogP contribution in [0.4, 0.5) is 39.6 Å². The molecule has 0 heterocycles. The molecular formula is C7H10F9O2Rf3-3. The van der Waals surface area contributed by atoms with Crippen molar-refractivity contribution in [2.45, 2.75) is 0 Å². The van der Waals surface area contributed by atoms with Crippen LogP contribution >= 0.6 is 0 Å². The van der Waals surface area contributed by atoms with Crippen molar-refractivity contribution in [3.8, 4) is 0 Å². The molecule has 0 amide bonds. The van der Waals surface area contributed by atoms with E-state index < -0.39 is 19.3 Å². The van der Waals surface area contributed by atoms with Gasteiger partial charge in [0, 0.05) is 0 Å². The fourth-order valence-electron chi connectivity index (χ4n) is 0. The van der Waals surface area contributed by atoms with Crippen LogP contribution in [0.3, 0.4) is 0 Å². The van der Waals surface area contributed by atoms with Gasteiger partial charge in [-0.05, 0) is 4.53 Å². The number of hydrogen-bond acceptors (Lipinski definition) is 2. The van der Waals surface area contributed by atoms with Crippen LogP contribution in [0.5, 0.6) is 0 Å². The maximum absolute atomic E-state index is 10.2. The van der Waals surface area contributed by atoms with Crippen LogP contribution in [0, 0.1) is 14.4 Å². The molecule has 0 aromatic carbocycles. The van der Waals surface area contributed by atoms with Gasteiger partial charge in [-0.15, -0.1) is 0 Å². The first-order valence-electron chi connectivity index (χ1n) is 2.90. The molecule has 0 aliphatic heterocycles. The Balaban J connectivity index is -0.0000000119. The summed E-state index contributed by atoms with van der Waals surface area (Å²) in [7, 11) is 4.00. The summed E-state index contributed by atoms with van der Waals surface area (Å²) in [5.74, 6) is 0. The zero-order valence-corrected chi connectivity index (χ0v) is 30.2. The van der Waals surface area contributed by atoms with Gasteiger partial charge in [-0.1, -0.05) is 6.54 Å². The van der Waals surface area contributed by atoms with E-state index in [1.54, 1.807) is 14.4 Å². The molecule has 0 rings (SSSR count). The summed E-state index contributed by atoms with van der Waals surface area (Å²) < 4.78 is 88.2. The molecule has 14 heteroatoms. The Kier molecular flexibility index (Phi) is 1500. The Morgan fingerprint density at radius 3 is 1.19 bits per heavy atom. The Labute approximate surface area is 97.9 Å². The van der Waals surface area contributed by atoms with Gasteiger partial charge in [-0.25, -0.2) is 8.78 Å². The zero-order valence-electron chi connectivity index (χ0n) is 11.0. The van der Waals surface area contributed by atoms with Crippen molar-refractivity contribution in [1.82, 2.24) is 0 Å². The summed E-state index contributed by atoms with van der Waals surface area (Å²) in [5, 5.41) is 0. The average molecular weight is 1100 g/mol. The summed E-state index contributed by atoms with van der Waals surface area (Å²) in [6, 6.07) is 0. The van der Waals surface area contributed by atoms with Crippen molar-refractivity contribution >= 4 is 6.54 Å². The van der Waals surface area contributed by atoms with Gasteiger partial charge >= 0.3 is 0 Å². The van der Waals surface area contributed by atoms with Crippen molar-refractivity contribution in [3.05, 3.63) is 26.8 Å². The molecule has 21 heavy (non-hydrogen) atoms. The van der Waals surface area contributed by atoms with E-state index in [2.05, 4.69) is 4.94 Å². The first-order chi connectivity index (χ1) is 8.60. The van der Waals surface area contributed by atoms with E-state index in [4.69, 9.17) is 4.79 Å². The maximum Gasteiger partial charge on any atom is 0.298 e. The molecule has 0 aromatic heterocycles. The number of hydrogen-bond donors (Lipinski definition) is 0. The summed E-state index contributed by atoms with van der Waals surface area (Å²) in [6.45, 7) is -1.35. The normalized spacial score (nSPS) is 4.57. The number of alkyl halides is 2. The van der Waals surface area contributed by atoms with Crippen molar-refractivity contribution < 1.29 is 49.4 Å². The third kappa shape index (κ3) is 1870. The summed E-state index contributed by atoms with van der Waals surface area (Å²) >= 11 is 0. The van der Waals surface area contributed by atoms with Crippen LogP contribution < -0.4 is 0 Å². The van der Waals surface area contributed by atoms with Crippen LogP contribution in [-0.2, 0) is 9.74 Å². The number of carbonyl (C=O) groups excluding carboxylic acids is 1. The van der Waals surface area contributed by atoms with Crippen LogP contribution in [0.25, 0.3) is 0 Å². The van der Waals surface area contributed by atoms with Gasteiger partial charge in [0.05, 0.1) is 7.18 Å². The molecule has 0 saturated carbocycles. The van der Waals surface area contributed by atoms with E-state index >= 15 is 0 Å². The number of rotatable bonds is 1. The van der Waals surface area contributed by atoms with Gasteiger partial charge in [0.2, 0.25) is 6.86 Å². The molecule has 122 valence electrons. The van der Waals surface area contributed by atoms with E-state index in [1.807, 2.05) is 0 Å². The fourth-order valence-corrected chi connectivity index (χ4v) is 0. The average Bonchev–Trinajstić information content (AvgIpc) is 2.46. The van der Waals surface area contributed by atoms with E-state index in [1.165, 1.54) is 0 Å². The molecule has 0 fully saturated rings. The molecule has 0 spiro atoms. The molecule has 0 aliphatic carbocycles. The third-order valence-corrected chi connectivity index (χ3v) is 0.124. The smallest absolute Gasteiger partial charge is 0.298 e. The Morgan fingerprint density at radius 2 is 1.19 bits per heavy atom. The van der Waals surface area contributed by atoms with Crippen molar-refractivity contribution in [2.75, 3.05) is 14.0 Å². The Morgan fingerprint density at radius 1 is 1.10 bits per heavy atom. The molecule has 0 atom stereocenters. The minimum absolute atomic E-state index is 0. The van der Waals surface area contributed by atoms with Gasteiger partial charge in [-0.2, -0.15) is 28.1 Å². The molecule has 0 radical (unpaired) electrons. The number of halogens is 9. The first-order valence-corrected chi connectivity index (χ1v) is 2.90. The van der Waals surface area contributed by atoms with Crippen molar-refractivity contribution in [1.29, 1.82) is 0 Å². The Bertz CT molecular complexity index is 120. The second kappa shape index (κ2) is 456. The van der Waals surface area contributed by atoms with Crippen molar-refractivity contribution in [2.24, 2.45) is 0 Å². The van der Waals surface area contributed by atoms with Crippen LogP contribution in [0.2, 0.25) is 0 Å². The van der Waals surface area contributed by atoms with Gasteiger partial charge in [0.25, 0.3) is 6.08 Å². The summed E-state index contributed by atoms with van der Waals surface area (Å²) in [6.07, 6.45) is -3.04. The van der Waals surface area contributed by atoms with E-state index in [0.29, 0.717) is 7.18 Å². The molecule has 2 nitrogen and oxygen atoms in total. The SMILES string of the molecule is CF.FC=C(F)F.FCOF.O=[C-]F.[CH2-]F.[CH2-]F.[Rf].[Rf].[Rf]. The van der Waals surface area contributed by atoms with Gasteiger partial charge in [0.15, 0.2) is 6.33 Å². The summed E-state index contributed by atoms with van der Waals surface area (Å²) in [5.41, 5.74) is 0. The zero-order chi connectivity index (χ0) is 16.4. The quantitative estimate of drug-likeness (QED) is 0.218. The van der Waals surface area contributed by atoms with E-state index in [9.17, 15) is 39.6 Å². The third-order valence-electron chi connectivity index (χ3n) is 0.124. The molecule has 0 saturated heterocycles. The molecule has 0 unspecified atom stereocenters. The van der Waals surface area contributed by atoms with Crippen LogP contribution in [0.1, 0.15) is 0 Å². The fraction of sp³-hybridized carbons (Fsp3) is 0.286. The second-order valence-corrected chi connectivity index (χ2v) is 0.694. The molecule has 0 aromatic rings. The van der Waals surface area contributed by atoms with E-state index in [-0.39, 0.29) is 6.54 Å². The molecule has 0 aliphatic rings. The topological polar surface area (TPSA) is 26.3 Å². The molecule has 0 bridgehead atoms. The van der Waals surface area contributed by atoms with Gasteiger partial charge in [0.1, 0.15) is 0 Å². The minimum Gasteiger partial charge on any atom is -0.507 e. The van der Waals surface area contributed by atoms with Gasteiger partial charge < -0.3 is 18.0 Å². The largest absolute Gasteiger partial charge is 0.507 e. The predicted molar refractivity (Wildman–Crippen MR) is 46.3 cm³/mol. The van der Waals surface area contributed by atoms with Gasteiger partial charge in [-0.3, -0.25) is 4.39 Å². The van der Waals surface area contributed by atoms with Crippen LogP contribution in [0.15, 0.2) is 12.4 Å². The molecule has 0 N–H and O–H groups in total. The van der Waals surface area contributed by atoms with E-state index in [0.717, 1.165) is 0 Å².